The van der Waals surface area contributed by atoms with Crippen molar-refractivity contribution in [3.63, 3.8) is 0 Å². The topological polar surface area (TPSA) is 28.2 Å². The van der Waals surface area contributed by atoms with E-state index in [4.69, 9.17) is 0 Å². The van der Waals surface area contributed by atoms with Gasteiger partial charge in [0.1, 0.15) is 0 Å². The molecule has 0 amide bonds. The van der Waals surface area contributed by atoms with Crippen molar-refractivity contribution in [3.05, 3.63) is 24.0 Å². The second-order valence-electron chi connectivity index (χ2n) is 4.53. The summed E-state index contributed by atoms with van der Waals surface area (Å²) < 4.78 is 0. The predicted molar refractivity (Wildman–Crippen MR) is 63.2 cm³/mol. The van der Waals surface area contributed by atoms with Crippen LogP contribution in [-0.2, 0) is 0 Å². The molecule has 1 aromatic heterocycles. The summed E-state index contributed by atoms with van der Waals surface area (Å²) >= 11 is 0. The first-order chi connectivity index (χ1) is 7.16. The quantitative estimate of drug-likeness (QED) is 0.754. The largest absolute Gasteiger partial charge is 0.365 e. The minimum absolute atomic E-state index is 0.546. The van der Waals surface area contributed by atoms with E-state index >= 15 is 0 Å². The number of aryl methyl sites for hydroxylation is 1. The van der Waals surface area contributed by atoms with Gasteiger partial charge in [0.2, 0.25) is 0 Å². The van der Waals surface area contributed by atoms with Crippen molar-refractivity contribution in [2.75, 3.05) is 18.0 Å². The number of nitrogens with one attached hydrogen (secondary N) is 1. The van der Waals surface area contributed by atoms with Crippen LogP contribution in [0.3, 0.4) is 0 Å². The highest BCUT2D eigenvalue weighted by atomic mass is 15.2. The summed E-state index contributed by atoms with van der Waals surface area (Å²) in [6.07, 6.45) is 3.86. The zero-order valence-electron chi connectivity index (χ0n) is 9.70. The Balaban J connectivity index is 2.21. The van der Waals surface area contributed by atoms with Crippen LogP contribution in [0.15, 0.2) is 18.5 Å². The van der Waals surface area contributed by atoms with Crippen LogP contribution in [0.1, 0.15) is 19.4 Å². The second-order valence-corrected chi connectivity index (χ2v) is 4.53. The van der Waals surface area contributed by atoms with Gasteiger partial charge in [0.05, 0.1) is 11.9 Å². The molecule has 0 bridgehead atoms. The Morgan fingerprint density at radius 1 is 1.40 bits per heavy atom. The molecule has 3 heteroatoms. The number of nitrogens with zero attached hydrogens (tertiary/aromatic N) is 2. The first-order valence-electron chi connectivity index (χ1n) is 5.58. The van der Waals surface area contributed by atoms with E-state index in [0.29, 0.717) is 12.1 Å². The maximum atomic E-state index is 4.26. The van der Waals surface area contributed by atoms with Crippen molar-refractivity contribution in [2.45, 2.75) is 32.9 Å². The molecular formula is C12H19N3. The summed E-state index contributed by atoms with van der Waals surface area (Å²) in [5, 5.41) is 3.48. The third-order valence-corrected chi connectivity index (χ3v) is 2.96. The van der Waals surface area contributed by atoms with Crippen LogP contribution in [0.4, 0.5) is 5.69 Å². The third-order valence-electron chi connectivity index (χ3n) is 2.96. The van der Waals surface area contributed by atoms with Gasteiger partial charge in [-0.2, -0.15) is 0 Å². The van der Waals surface area contributed by atoms with Crippen LogP contribution in [0, 0.1) is 6.92 Å². The summed E-state index contributed by atoms with van der Waals surface area (Å²) in [4.78, 5) is 6.69. The highest BCUT2D eigenvalue weighted by molar-refractivity contribution is 5.47. The Morgan fingerprint density at radius 3 is 2.93 bits per heavy atom. The van der Waals surface area contributed by atoms with Crippen molar-refractivity contribution in [1.82, 2.24) is 10.3 Å². The van der Waals surface area contributed by atoms with Gasteiger partial charge in [-0.25, -0.2) is 0 Å². The summed E-state index contributed by atoms with van der Waals surface area (Å²) in [7, 11) is 0. The average molecular weight is 205 g/mol. The predicted octanol–water partition coefficient (Wildman–Crippen LogP) is 1.58. The van der Waals surface area contributed by atoms with E-state index in [1.54, 1.807) is 0 Å². The molecule has 2 heterocycles. The van der Waals surface area contributed by atoms with E-state index in [1.807, 2.05) is 12.4 Å². The van der Waals surface area contributed by atoms with Gasteiger partial charge >= 0.3 is 0 Å². The first kappa shape index (κ1) is 10.4. The molecule has 82 valence electrons. The van der Waals surface area contributed by atoms with Crippen LogP contribution < -0.4 is 10.2 Å². The van der Waals surface area contributed by atoms with Gasteiger partial charge in [0, 0.05) is 31.4 Å². The van der Waals surface area contributed by atoms with Crippen molar-refractivity contribution in [3.8, 4) is 0 Å². The standard InChI is InChI=1S/C12H19N3/c1-9-4-12(7-13-5-9)15-8-10(2)14-6-11(15)3/h4-5,7,10-11,14H,6,8H2,1-3H3. The number of pyridine rings is 1. The third kappa shape index (κ3) is 2.29. The second kappa shape index (κ2) is 4.19. The molecule has 1 aliphatic rings. The Bertz CT molecular complexity index is 337. The van der Waals surface area contributed by atoms with Crippen LogP contribution in [-0.4, -0.2) is 30.2 Å². The van der Waals surface area contributed by atoms with Gasteiger partial charge in [-0.1, -0.05) is 0 Å². The normalized spacial score (nSPS) is 26.7. The molecule has 0 radical (unpaired) electrons. The molecule has 1 N–H and O–H groups in total. The SMILES string of the molecule is Cc1cncc(N2CC(C)NCC2C)c1. The highest BCUT2D eigenvalue weighted by Gasteiger charge is 2.22. The Kier molecular flexibility index (Phi) is 2.91. The zero-order valence-corrected chi connectivity index (χ0v) is 9.70. The van der Waals surface area contributed by atoms with E-state index < -0.39 is 0 Å². The summed E-state index contributed by atoms with van der Waals surface area (Å²) in [6, 6.07) is 3.31. The molecule has 1 aliphatic heterocycles. The van der Waals surface area contributed by atoms with Crippen molar-refractivity contribution in [2.24, 2.45) is 0 Å². The van der Waals surface area contributed by atoms with Gasteiger partial charge in [0.15, 0.2) is 0 Å². The lowest BCUT2D eigenvalue weighted by molar-refractivity contribution is 0.425. The summed E-state index contributed by atoms with van der Waals surface area (Å²) in [6.45, 7) is 8.68. The van der Waals surface area contributed by atoms with Crippen molar-refractivity contribution >= 4 is 5.69 Å². The molecule has 0 spiro atoms. The maximum Gasteiger partial charge on any atom is 0.0558 e. The van der Waals surface area contributed by atoms with E-state index in [-0.39, 0.29) is 0 Å². The fraction of sp³-hybridized carbons (Fsp3) is 0.583. The lowest BCUT2D eigenvalue weighted by Crippen LogP contribution is -2.54. The minimum atomic E-state index is 0.546. The Hall–Kier alpha value is -1.09. The fourth-order valence-electron chi connectivity index (χ4n) is 2.08. The maximum absolute atomic E-state index is 4.26. The van der Waals surface area contributed by atoms with Gasteiger partial charge in [-0.15, -0.1) is 0 Å². The van der Waals surface area contributed by atoms with Crippen molar-refractivity contribution < 1.29 is 0 Å². The molecule has 0 aliphatic carbocycles. The Morgan fingerprint density at radius 2 is 2.20 bits per heavy atom. The number of anilines is 1. The van der Waals surface area contributed by atoms with E-state index in [1.165, 1.54) is 11.3 Å². The lowest BCUT2D eigenvalue weighted by atomic mass is 10.1. The van der Waals surface area contributed by atoms with Crippen LogP contribution in [0.2, 0.25) is 0 Å². The van der Waals surface area contributed by atoms with Gasteiger partial charge in [-0.05, 0) is 32.4 Å². The molecule has 2 unspecified atom stereocenters. The van der Waals surface area contributed by atoms with Crippen LogP contribution in [0.5, 0.6) is 0 Å². The molecule has 15 heavy (non-hydrogen) atoms. The van der Waals surface area contributed by atoms with Crippen LogP contribution >= 0.6 is 0 Å². The molecule has 3 nitrogen and oxygen atoms in total. The zero-order chi connectivity index (χ0) is 10.8. The van der Waals surface area contributed by atoms with E-state index in [9.17, 15) is 0 Å². The highest BCUT2D eigenvalue weighted by Crippen LogP contribution is 2.19. The molecule has 1 aromatic rings. The number of hydrogen-bond donors (Lipinski definition) is 1. The van der Waals surface area contributed by atoms with Gasteiger partial charge in [-0.3, -0.25) is 4.98 Å². The molecule has 2 atom stereocenters. The molecule has 0 saturated carbocycles. The smallest absolute Gasteiger partial charge is 0.0558 e. The molecule has 1 fully saturated rings. The number of hydrogen-bond acceptors (Lipinski definition) is 3. The number of aromatic nitrogens is 1. The lowest BCUT2D eigenvalue weighted by Gasteiger charge is -2.39. The molecule has 1 saturated heterocycles. The van der Waals surface area contributed by atoms with Gasteiger partial charge in [0.25, 0.3) is 0 Å². The first-order valence-corrected chi connectivity index (χ1v) is 5.58. The van der Waals surface area contributed by atoms with E-state index in [0.717, 1.165) is 13.1 Å². The Labute approximate surface area is 91.5 Å². The fourth-order valence-corrected chi connectivity index (χ4v) is 2.08. The van der Waals surface area contributed by atoms with Gasteiger partial charge < -0.3 is 10.2 Å². The van der Waals surface area contributed by atoms with E-state index in [2.05, 4.69) is 42.0 Å². The minimum Gasteiger partial charge on any atom is -0.365 e. The van der Waals surface area contributed by atoms with Crippen LogP contribution in [0.25, 0.3) is 0 Å². The summed E-state index contributed by atoms with van der Waals surface area (Å²) in [5.41, 5.74) is 2.47. The number of piperazine rings is 1. The monoisotopic (exact) mass is 205 g/mol. The van der Waals surface area contributed by atoms with Crippen molar-refractivity contribution in [1.29, 1.82) is 0 Å². The molecule has 0 aromatic carbocycles. The summed E-state index contributed by atoms with van der Waals surface area (Å²) in [5.74, 6) is 0. The average Bonchev–Trinajstić information content (AvgIpc) is 2.22. The molecular weight excluding hydrogens is 186 g/mol. The number of rotatable bonds is 1. The molecule has 2 rings (SSSR count).